The van der Waals surface area contributed by atoms with Crippen molar-refractivity contribution in [3.8, 4) is 0 Å². The Morgan fingerprint density at radius 3 is 1.83 bits per heavy atom. The van der Waals surface area contributed by atoms with Gasteiger partial charge in [0.05, 0.1) is 13.2 Å². The number of esters is 3. The number of hydrogen-bond donors (Lipinski definition) is 0. The van der Waals surface area contributed by atoms with Gasteiger partial charge in [0.1, 0.15) is 6.10 Å². The van der Waals surface area contributed by atoms with Crippen LogP contribution in [-0.2, 0) is 28.6 Å². The first-order valence-corrected chi connectivity index (χ1v) is 7.32. The molecule has 0 N–H and O–H groups in total. The fourth-order valence-electron chi connectivity index (χ4n) is 1.07. The number of carbonyl (C=O) groups excluding carboxylic acids is 3. The van der Waals surface area contributed by atoms with Crippen LogP contribution >= 0.6 is 0 Å². The summed E-state index contributed by atoms with van der Waals surface area (Å²) in [4.78, 5) is 31.7. The SMILES string of the molecule is C=CC(=O)OCCC(C)OC(=O)C=C.C=CC(=O)OCCCC. The minimum Gasteiger partial charge on any atom is -0.463 e. The first kappa shape index (κ1) is 22.9. The highest BCUT2D eigenvalue weighted by Crippen LogP contribution is 1.99. The first-order valence-electron chi connectivity index (χ1n) is 7.32. The third-order valence-corrected chi connectivity index (χ3v) is 2.33. The molecule has 0 aliphatic carbocycles. The Morgan fingerprint density at radius 2 is 1.39 bits per heavy atom. The van der Waals surface area contributed by atoms with E-state index in [1.807, 2.05) is 6.92 Å². The molecule has 1 atom stereocenters. The van der Waals surface area contributed by atoms with E-state index >= 15 is 0 Å². The van der Waals surface area contributed by atoms with E-state index in [1.54, 1.807) is 6.92 Å². The van der Waals surface area contributed by atoms with Gasteiger partial charge < -0.3 is 14.2 Å². The third kappa shape index (κ3) is 17.6. The highest BCUT2D eigenvalue weighted by Gasteiger charge is 2.06. The Hall–Kier alpha value is -2.37. The number of hydrogen-bond acceptors (Lipinski definition) is 6. The van der Waals surface area contributed by atoms with Gasteiger partial charge in [-0.3, -0.25) is 0 Å². The minimum atomic E-state index is -0.479. The smallest absolute Gasteiger partial charge is 0.330 e. The van der Waals surface area contributed by atoms with Gasteiger partial charge in [-0.25, -0.2) is 14.4 Å². The first-order chi connectivity index (χ1) is 10.9. The van der Waals surface area contributed by atoms with Gasteiger partial charge in [-0.2, -0.15) is 0 Å². The highest BCUT2D eigenvalue weighted by molar-refractivity contribution is 5.81. The maximum Gasteiger partial charge on any atom is 0.330 e. The van der Waals surface area contributed by atoms with E-state index in [2.05, 4.69) is 24.5 Å². The molecule has 0 spiro atoms. The molecule has 0 heterocycles. The van der Waals surface area contributed by atoms with Gasteiger partial charge in [-0.1, -0.05) is 33.1 Å². The Kier molecular flexibility index (Phi) is 15.9. The predicted octanol–water partition coefficient (Wildman–Crippen LogP) is 2.74. The molecule has 0 aromatic carbocycles. The summed E-state index contributed by atoms with van der Waals surface area (Å²) in [7, 11) is 0. The molecule has 0 radical (unpaired) electrons. The summed E-state index contributed by atoms with van der Waals surface area (Å²) >= 11 is 0. The van der Waals surface area contributed by atoms with Crippen molar-refractivity contribution in [2.75, 3.05) is 13.2 Å². The predicted molar refractivity (Wildman–Crippen MR) is 87.6 cm³/mol. The molecule has 0 fully saturated rings. The Bertz CT molecular complexity index is 400. The lowest BCUT2D eigenvalue weighted by Crippen LogP contribution is -2.16. The molecule has 0 saturated heterocycles. The number of carbonyl (C=O) groups is 3. The molecule has 0 amide bonds. The van der Waals surface area contributed by atoms with E-state index in [0.717, 1.165) is 25.0 Å². The van der Waals surface area contributed by atoms with Gasteiger partial charge in [0, 0.05) is 24.6 Å². The molecule has 6 nitrogen and oxygen atoms in total. The second kappa shape index (κ2) is 16.0. The molecule has 0 aromatic rings. The molecule has 0 aromatic heterocycles. The summed E-state index contributed by atoms with van der Waals surface area (Å²) in [6, 6.07) is 0. The quantitative estimate of drug-likeness (QED) is 0.266. The molecule has 0 aliphatic rings. The van der Waals surface area contributed by atoms with Crippen LogP contribution in [0.25, 0.3) is 0 Å². The molecule has 0 rings (SSSR count). The molecule has 6 heteroatoms. The van der Waals surface area contributed by atoms with Gasteiger partial charge in [0.2, 0.25) is 0 Å². The fraction of sp³-hybridized carbons (Fsp3) is 0.471. The number of ether oxygens (including phenoxy) is 3. The van der Waals surface area contributed by atoms with Gasteiger partial charge >= 0.3 is 17.9 Å². The van der Waals surface area contributed by atoms with Crippen molar-refractivity contribution < 1.29 is 28.6 Å². The van der Waals surface area contributed by atoms with Crippen LogP contribution in [0.1, 0.15) is 33.1 Å². The standard InChI is InChI=1S/C10H14O4.C7H12O2/c1-4-9(11)13-7-6-8(3)14-10(12)5-2;1-3-5-6-9-7(8)4-2/h4-5,8H,1-2,6-7H2,3H3;4H,2-3,5-6H2,1H3. The summed E-state index contributed by atoms with van der Waals surface area (Å²) in [6.45, 7) is 14.2. The molecule has 23 heavy (non-hydrogen) atoms. The van der Waals surface area contributed by atoms with Crippen LogP contribution in [-0.4, -0.2) is 37.2 Å². The van der Waals surface area contributed by atoms with Crippen molar-refractivity contribution in [3.63, 3.8) is 0 Å². The Labute approximate surface area is 137 Å². The summed E-state index contributed by atoms with van der Waals surface area (Å²) in [5.41, 5.74) is 0. The third-order valence-electron chi connectivity index (χ3n) is 2.33. The van der Waals surface area contributed by atoms with E-state index in [-0.39, 0.29) is 18.7 Å². The lowest BCUT2D eigenvalue weighted by Gasteiger charge is -2.11. The minimum absolute atomic E-state index is 0.205. The molecule has 0 bridgehead atoms. The molecular formula is C17H26O6. The monoisotopic (exact) mass is 326 g/mol. The average molecular weight is 326 g/mol. The molecule has 1 unspecified atom stereocenters. The normalized spacial score (nSPS) is 10.2. The fourth-order valence-corrected chi connectivity index (χ4v) is 1.07. The van der Waals surface area contributed by atoms with E-state index in [0.29, 0.717) is 13.0 Å². The van der Waals surface area contributed by atoms with Gasteiger partial charge in [0.15, 0.2) is 0 Å². The van der Waals surface area contributed by atoms with E-state index in [1.165, 1.54) is 6.08 Å². The maximum atomic E-state index is 10.7. The van der Waals surface area contributed by atoms with Crippen LogP contribution in [0, 0.1) is 0 Å². The summed E-state index contributed by atoms with van der Waals surface area (Å²) in [5, 5.41) is 0. The molecule has 0 saturated carbocycles. The highest BCUT2D eigenvalue weighted by atomic mass is 16.6. The van der Waals surface area contributed by atoms with Crippen molar-refractivity contribution in [1.29, 1.82) is 0 Å². The topological polar surface area (TPSA) is 78.9 Å². The zero-order chi connectivity index (χ0) is 18.1. The van der Waals surface area contributed by atoms with Crippen LogP contribution in [0.4, 0.5) is 0 Å². The average Bonchev–Trinajstić information content (AvgIpc) is 2.55. The van der Waals surface area contributed by atoms with Gasteiger partial charge in [-0.05, 0) is 13.3 Å². The largest absolute Gasteiger partial charge is 0.463 e. The van der Waals surface area contributed by atoms with E-state index in [9.17, 15) is 14.4 Å². The van der Waals surface area contributed by atoms with Crippen molar-refractivity contribution in [1.82, 2.24) is 0 Å². The Balaban J connectivity index is 0. The summed E-state index contributed by atoms with van der Waals surface area (Å²) in [5.74, 6) is -1.29. The number of unbranched alkanes of at least 4 members (excludes halogenated alkanes) is 1. The van der Waals surface area contributed by atoms with Crippen molar-refractivity contribution in [3.05, 3.63) is 38.0 Å². The lowest BCUT2D eigenvalue weighted by molar-refractivity contribution is -0.144. The van der Waals surface area contributed by atoms with Crippen molar-refractivity contribution in [2.45, 2.75) is 39.2 Å². The molecular weight excluding hydrogens is 300 g/mol. The zero-order valence-electron chi connectivity index (χ0n) is 13.9. The maximum absolute atomic E-state index is 10.7. The second-order valence-electron chi connectivity index (χ2n) is 4.34. The lowest BCUT2D eigenvalue weighted by atomic mass is 10.3. The second-order valence-corrected chi connectivity index (χ2v) is 4.34. The zero-order valence-corrected chi connectivity index (χ0v) is 13.9. The van der Waals surface area contributed by atoms with Gasteiger partial charge in [0.25, 0.3) is 0 Å². The summed E-state index contributed by atoms with van der Waals surface area (Å²) < 4.78 is 14.2. The van der Waals surface area contributed by atoms with Crippen LogP contribution < -0.4 is 0 Å². The summed E-state index contributed by atoms with van der Waals surface area (Å²) in [6.07, 6.45) is 5.49. The van der Waals surface area contributed by atoms with Crippen LogP contribution in [0.5, 0.6) is 0 Å². The van der Waals surface area contributed by atoms with Gasteiger partial charge in [-0.15, -0.1) is 0 Å². The van der Waals surface area contributed by atoms with Crippen molar-refractivity contribution >= 4 is 17.9 Å². The van der Waals surface area contributed by atoms with E-state index < -0.39 is 11.9 Å². The Morgan fingerprint density at radius 1 is 0.913 bits per heavy atom. The van der Waals surface area contributed by atoms with Crippen LogP contribution in [0.3, 0.4) is 0 Å². The molecule has 0 aliphatic heterocycles. The van der Waals surface area contributed by atoms with E-state index in [4.69, 9.17) is 9.47 Å². The number of rotatable bonds is 10. The molecule has 130 valence electrons. The van der Waals surface area contributed by atoms with Crippen molar-refractivity contribution in [2.24, 2.45) is 0 Å². The van der Waals surface area contributed by atoms with Crippen LogP contribution in [0.2, 0.25) is 0 Å². The van der Waals surface area contributed by atoms with Crippen LogP contribution in [0.15, 0.2) is 38.0 Å².